The summed E-state index contributed by atoms with van der Waals surface area (Å²) in [7, 11) is 3.12. The van der Waals surface area contributed by atoms with Crippen LogP contribution in [0.15, 0.2) is 24.7 Å². The maximum absolute atomic E-state index is 13.1. The van der Waals surface area contributed by atoms with E-state index in [1.165, 1.54) is 23.1 Å². The first-order valence-corrected chi connectivity index (χ1v) is 15.1. The highest BCUT2D eigenvalue weighted by Crippen LogP contribution is 2.44. The van der Waals surface area contributed by atoms with Gasteiger partial charge in [-0.1, -0.05) is 41.5 Å². The highest BCUT2D eigenvalue weighted by Gasteiger charge is 2.30. The van der Waals surface area contributed by atoms with Gasteiger partial charge in [0.1, 0.15) is 17.3 Å². The van der Waals surface area contributed by atoms with Crippen molar-refractivity contribution in [2.45, 2.75) is 91.0 Å². The second-order valence-electron chi connectivity index (χ2n) is 13.0. The van der Waals surface area contributed by atoms with E-state index in [1.807, 2.05) is 22.6 Å². The molecule has 41 heavy (non-hydrogen) atoms. The van der Waals surface area contributed by atoms with Crippen molar-refractivity contribution >= 4 is 23.2 Å². The van der Waals surface area contributed by atoms with Crippen LogP contribution in [0.1, 0.15) is 87.7 Å². The molecule has 8 nitrogen and oxygen atoms in total. The molecule has 3 heterocycles. The molecular weight excluding hydrogens is 536 g/mol. The lowest BCUT2D eigenvalue weighted by Crippen LogP contribution is -2.39. The standard InChI is InChI=1S/C32H44N4O4S/c1-20-25(16-28(38)39-8)34-19-36(20)18-27(37)35-12-10-21(11-13-35)26-17-33-30(41-26)22-14-23(31(2,3)4)29(40-9)24(15-22)32(5,6)7/h14-15,17,19,21H,10-13,16,18H2,1-9H3. The van der Waals surface area contributed by atoms with E-state index in [2.05, 4.69) is 58.7 Å². The minimum atomic E-state index is -0.339. The number of rotatable bonds is 7. The normalized spacial score (nSPS) is 14.8. The number of nitrogens with zero attached hydrogens (tertiary/aromatic N) is 4. The first-order chi connectivity index (χ1) is 19.2. The summed E-state index contributed by atoms with van der Waals surface area (Å²) < 4.78 is 12.5. The number of hydrogen-bond donors (Lipinski definition) is 0. The fourth-order valence-electron chi connectivity index (χ4n) is 5.38. The number of benzene rings is 1. The predicted octanol–water partition coefficient (Wildman–Crippen LogP) is 6.04. The van der Waals surface area contributed by atoms with Crippen molar-refractivity contribution in [2.24, 2.45) is 0 Å². The summed E-state index contributed by atoms with van der Waals surface area (Å²) >= 11 is 1.76. The van der Waals surface area contributed by atoms with Gasteiger partial charge in [-0.15, -0.1) is 11.3 Å². The van der Waals surface area contributed by atoms with E-state index in [-0.39, 0.29) is 35.7 Å². The highest BCUT2D eigenvalue weighted by molar-refractivity contribution is 7.15. The molecule has 0 N–H and O–H groups in total. The molecular formula is C32H44N4O4S. The minimum absolute atomic E-state index is 0.0705. The van der Waals surface area contributed by atoms with Crippen LogP contribution < -0.4 is 4.74 Å². The molecule has 1 aliphatic rings. The van der Waals surface area contributed by atoms with Crippen LogP contribution in [0, 0.1) is 6.92 Å². The molecule has 0 unspecified atom stereocenters. The number of hydrogen-bond acceptors (Lipinski definition) is 7. The topological polar surface area (TPSA) is 86.5 Å². The van der Waals surface area contributed by atoms with Crippen molar-refractivity contribution in [3.05, 3.63) is 52.0 Å². The van der Waals surface area contributed by atoms with Crippen molar-refractivity contribution < 1.29 is 19.1 Å². The second-order valence-corrected chi connectivity index (χ2v) is 14.0. The van der Waals surface area contributed by atoms with Crippen LogP contribution in [0.2, 0.25) is 0 Å². The van der Waals surface area contributed by atoms with Gasteiger partial charge < -0.3 is 18.9 Å². The summed E-state index contributed by atoms with van der Waals surface area (Å²) in [5.41, 5.74) is 4.83. The predicted molar refractivity (Wildman–Crippen MR) is 163 cm³/mol. The van der Waals surface area contributed by atoms with Crippen LogP contribution in [0.4, 0.5) is 0 Å². The molecule has 0 atom stereocenters. The first kappa shape index (κ1) is 30.8. The Kier molecular flexibility index (Phi) is 8.97. The smallest absolute Gasteiger partial charge is 0.311 e. The van der Waals surface area contributed by atoms with Crippen LogP contribution in [-0.2, 0) is 38.1 Å². The maximum atomic E-state index is 13.1. The van der Waals surface area contributed by atoms with Gasteiger partial charge in [0.25, 0.3) is 0 Å². The Morgan fingerprint density at radius 1 is 1.00 bits per heavy atom. The fraction of sp³-hybridized carbons (Fsp3) is 0.562. The lowest BCUT2D eigenvalue weighted by Gasteiger charge is -2.31. The van der Waals surface area contributed by atoms with E-state index in [0.717, 1.165) is 34.9 Å². The summed E-state index contributed by atoms with van der Waals surface area (Å²) in [6.07, 6.45) is 5.58. The molecule has 1 fully saturated rings. The molecule has 1 saturated heterocycles. The Hall–Kier alpha value is -3.20. The molecule has 222 valence electrons. The van der Waals surface area contributed by atoms with Gasteiger partial charge in [-0.2, -0.15) is 0 Å². The number of likely N-dealkylation sites (tertiary alicyclic amines) is 1. The molecule has 2 aromatic heterocycles. The second kappa shape index (κ2) is 12.0. The summed E-state index contributed by atoms with van der Waals surface area (Å²) in [5.74, 6) is 1.08. The Labute approximate surface area is 248 Å². The van der Waals surface area contributed by atoms with Crippen LogP contribution in [0.25, 0.3) is 10.6 Å². The molecule has 1 amide bonds. The zero-order chi connectivity index (χ0) is 30.1. The third kappa shape index (κ3) is 6.83. The largest absolute Gasteiger partial charge is 0.496 e. The number of piperidine rings is 1. The van der Waals surface area contributed by atoms with E-state index in [0.29, 0.717) is 24.7 Å². The molecule has 1 aliphatic heterocycles. The molecule has 0 aliphatic carbocycles. The van der Waals surface area contributed by atoms with Crippen molar-refractivity contribution in [3.8, 4) is 16.3 Å². The molecule has 0 radical (unpaired) electrons. The number of aromatic nitrogens is 3. The number of amides is 1. The van der Waals surface area contributed by atoms with Gasteiger partial charge in [-0.05, 0) is 48.6 Å². The van der Waals surface area contributed by atoms with Crippen molar-refractivity contribution in [3.63, 3.8) is 0 Å². The number of imidazole rings is 1. The Morgan fingerprint density at radius 3 is 2.15 bits per heavy atom. The number of esters is 1. The molecule has 3 aromatic rings. The lowest BCUT2D eigenvalue weighted by molar-refractivity contribution is -0.139. The zero-order valence-corrected chi connectivity index (χ0v) is 26.8. The van der Waals surface area contributed by atoms with E-state index < -0.39 is 0 Å². The van der Waals surface area contributed by atoms with Gasteiger partial charge >= 0.3 is 5.97 Å². The van der Waals surface area contributed by atoms with Gasteiger partial charge in [-0.3, -0.25) is 9.59 Å². The van der Waals surface area contributed by atoms with E-state index >= 15 is 0 Å². The summed E-state index contributed by atoms with van der Waals surface area (Å²) in [6.45, 7) is 16.9. The van der Waals surface area contributed by atoms with E-state index in [4.69, 9.17) is 14.5 Å². The van der Waals surface area contributed by atoms with Crippen molar-refractivity contribution in [2.75, 3.05) is 27.3 Å². The van der Waals surface area contributed by atoms with Gasteiger partial charge in [0.05, 0.1) is 32.7 Å². The quantitative estimate of drug-likeness (QED) is 0.317. The van der Waals surface area contributed by atoms with Crippen molar-refractivity contribution in [1.82, 2.24) is 19.4 Å². The zero-order valence-electron chi connectivity index (χ0n) is 26.0. The first-order valence-electron chi connectivity index (χ1n) is 14.3. The van der Waals surface area contributed by atoms with Gasteiger partial charge in [0.15, 0.2) is 0 Å². The fourth-order valence-corrected chi connectivity index (χ4v) is 6.45. The van der Waals surface area contributed by atoms with E-state index in [9.17, 15) is 9.59 Å². The summed E-state index contributed by atoms with van der Waals surface area (Å²) in [5, 5.41) is 1.02. The number of thiazole rings is 1. The highest BCUT2D eigenvalue weighted by atomic mass is 32.1. The molecule has 0 spiro atoms. The Morgan fingerprint density at radius 2 is 1.61 bits per heavy atom. The number of carbonyl (C=O) groups is 2. The average Bonchev–Trinajstić information content (AvgIpc) is 3.54. The average molecular weight is 581 g/mol. The molecule has 0 saturated carbocycles. The third-order valence-electron chi connectivity index (χ3n) is 7.98. The molecule has 1 aromatic carbocycles. The Bertz CT molecular complexity index is 1370. The van der Waals surface area contributed by atoms with Crippen LogP contribution in [0.5, 0.6) is 5.75 Å². The summed E-state index contributed by atoms with van der Waals surface area (Å²) in [6, 6.07) is 4.49. The molecule has 0 bridgehead atoms. The monoisotopic (exact) mass is 580 g/mol. The van der Waals surface area contributed by atoms with Gasteiger partial charge in [0, 0.05) is 46.5 Å². The number of carbonyl (C=O) groups excluding carboxylic acids is 2. The third-order valence-corrected chi connectivity index (χ3v) is 9.19. The van der Waals surface area contributed by atoms with Crippen LogP contribution >= 0.6 is 11.3 Å². The van der Waals surface area contributed by atoms with Gasteiger partial charge in [-0.25, -0.2) is 9.97 Å². The SMILES string of the molecule is COC(=O)Cc1ncn(CC(=O)N2CCC(c3cnc(-c4cc(C(C)(C)C)c(OC)c(C(C)(C)C)c4)s3)CC2)c1C. The minimum Gasteiger partial charge on any atom is -0.496 e. The maximum Gasteiger partial charge on any atom is 0.311 e. The molecule has 4 rings (SSSR count). The van der Waals surface area contributed by atoms with E-state index in [1.54, 1.807) is 24.8 Å². The molecule has 9 heteroatoms. The van der Waals surface area contributed by atoms with Crippen LogP contribution in [0.3, 0.4) is 0 Å². The van der Waals surface area contributed by atoms with Crippen LogP contribution in [-0.4, -0.2) is 58.6 Å². The number of methoxy groups -OCH3 is 2. The van der Waals surface area contributed by atoms with Gasteiger partial charge in [0.2, 0.25) is 5.91 Å². The number of ether oxygens (including phenoxy) is 2. The van der Waals surface area contributed by atoms with Crippen molar-refractivity contribution in [1.29, 1.82) is 0 Å². The Balaban J connectivity index is 1.45. The lowest BCUT2D eigenvalue weighted by atomic mass is 9.78. The summed E-state index contributed by atoms with van der Waals surface area (Å²) in [4.78, 5) is 37.1.